The SMILES string of the molecule is CC(C)CC(CNC(=O)c1cccc2nc(CC(=O)NC3CCCC3)cn12)c1ccc(Cl)cc1. The van der Waals surface area contributed by atoms with Crippen LogP contribution in [0.2, 0.25) is 5.02 Å². The molecule has 4 rings (SSSR count). The fourth-order valence-electron chi connectivity index (χ4n) is 4.79. The number of nitrogens with zero attached hydrogens (tertiary/aromatic N) is 2. The Bertz CT molecular complexity index is 1130. The third-order valence-electron chi connectivity index (χ3n) is 6.44. The Morgan fingerprint density at radius 3 is 2.56 bits per heavy atom. The molecular weight excluding hydrogens is 448 g/mol. The summed E-state index contributed by atoms with van der Waals surface area (Å²) in [6, 6.07) is 13.6. The highest BCUT2D eigenvalue weighted by Gasteiger charge is 2.20. The fraction of sp³-hybridized carbons (Fsp3) is 0.444. The standard InChI is InChI=1S/C27H33ClN4O2/c1-18(2)14-20(19-10-12-21(28)13-11-19)16-29-27(34)24-8-5-9-25-30-23(17-32(24)25)15-26(33)31-22-6-3-4-7-22/h5,8-13,17-18,20,22H,3-4,6-7,14-16H2,1-2H3,(H,29,34)(H,31,33). The highest BCUT2D eigenvalue weighted by molar-refractivity contribution is 6.30. The molecule has 0 bridgehead atoms. The van der Waals surface area contributed by atoms with Crippen LogP contribution in [0.5, 0.6) is 0 Å². The molecule has 7 heteroatoms. The third-order valence-corrected chi connectivity index (χ3v) is 6.69. The van der Waals surface area contributed by atoms with Gasteiger partial charge >= 0.3 is 0 Å². The highest BCUT2D eigenvalue weighted by atomic mass is 35.5. The number of halogens is 1. The number of imidazole rings is 1. The van der Waals surface area contributed by atoms with Crippen molar-refractivity contribution in [1.82, 2.24) is 20.0 Å². The molecule has 180 valence electrons. The third kappa shape index (κ3) is 6.17. The Morgan fingerprint density at radius 2 is 1.85 bits per heavy atom. The van der Waals surface area contributed by atoms with Gasteiger partial charge in [-0.1, -0.05) is 56.5 Å². The van der Waals surface area contributed by atoms with Gasteiger partial charge < -0.3 is 10.6 Å². The van der Waals surface area contributed by atoms with Crippen molar-refractivity contribution in [3.8, 4) is 0 Å². The number of carbonyl (C=O) groups is 2. The average molecular weight is 481 g/mol. The number of hydrogen-bond acceptors (Lipinski definition) is 3. The molecule has 0 saturated heterocycles. The smallest absolute Gasteiger partial charge is 0.268 e. The van der Waals surface area contributed by atoms with Crippen LogP contribution < -0.4 is 10.6 Å². The van der Waals surface area contributed by atoms with E-state index in [1.807, 2.05) is 36.4 Å². The first-order valence-electron chi connectivity index (χ1n) is 12.2. The van der Waals surface area contributed by atoms with Gasteiger partial charge in [-0.3, -0.25) is 14.0 Å². The van der Waals surface area contributed by atoms with Gasteiger partial charge in [-0.2, -0.15) is 0 Å². The van der Waals surface area contributed by atoms with E-state index in [0.717, 1.165) is 24.8 Å². The molecule has 1 atom stereocenters. The fourth-order valence-corrected chi connectivity index (χ4v) is 4.92. The summed E-state index contributed by atoms with van der Waals surface area (Å²) in [4.78, 5) is 30.1. The lowest BCUT2D eigenvalue weighted by atomic mass is 9.90. The topological polar surface area (TPSA) is 75.5 Å². The zero-order valence-electron chi connectivity index (χ0n) is 19.9. The summed E-state index contributed by atoms with van der Waals surface area (Å²) < 4.78 is 1.77. The minimum absolute atomic E-state index is 0.0131. The number of nitrogens with one attached hydrogen (secondary N) is 2. The summed E-state index contributed by atoms with van der Waals surface area (Å²) in [6.45, 7) is 4.89. The van der Waals surface area contributed by atoms with Gasteiger partial charge in [0.15, 0.2) is 0 Å². The maximum atomic E-state index is 13.1. The monoisotopic (exact) mass is 480 g/mol. The summed E-state index contributed by atoms with van der Waals surface area (Å²) in [5.41, 5.74) is 2.99. The first kappa shape index (κ1) is 24.3. The molecule has 1 aliphatic carbocycles. The molecule has 0 spiro atoms. The number of fused-ring (bicyclic) bond motifs is 1. The van der Waals surface area contributed by atoms with E-state index in [1.165, 1.54) is 12.8 Å². The minimum Gasteiger partial charge on any atom is -0.353 e. The van der Waals surface area contributed by atoms with Crippen molar-refractivity contribution in [1.29, 1.82) is 0 Å². The van der Waals surface area contributed by atoms with Crippen molar-refractivity contribution in [3.05, 3.63) is 70.6 Å². The van der Waals surface area contributed by atoms with Gasteiger partial charge in [-0.15, -0.1) is 0 Å². The number of hydrogen-bond donors (Lipinski definition) is 2. The Kier molecular flexibility index (Phi) is 7.88. The van der Waals surface area contributed by atoms with E-state index in [2.05, 4.69) is 29.5 Å². The van der Waals surface area contributed by atoms with E-state index in [-0.39, 0.29) is 30.2 Å². The minimum atomic E-state index is -0.160. The van der Waals surface area contributed by atoms with Crippen LogP contribution in [0.1, 0.15) is 73.6 Å². The van der Waals surface area contributed by atoms with Crippen LogP contribution in [0.3, 0.4) is 0 Å². The van der Waals surface area contributed by atoms with Crippen molar-refractivity contribution in [2.24, 2.45) is 5.92 Å². The Balaban J connectivity index is 1.44. The molecule has 6 nitrogen and oxygen atoms in total. The van der Waals surface area contributed by atoms with Crippen molar-refractivity contribution < 1.29 is 9.59 Å². The van der Waals surface area contributed by atoms with Gasteiger partial charge in [0.2, 0.25) is 5.91 Å². The van der Waals surface area contributed by atoms with E-state index in [4.69, 9.17) is 11.6 Å². The lowest BCUT2D eigenvalue weighted by Crippen LogP contribution is -2.33. The van der Waals surface area contributed by atoms with Crippen molar-refractivity contribution in [2.45, 2.75) is 64.3 Å². The Morgan fingerprint density at radius 1 is 1.12 bits per heavy atom. The average Bonchev–Trinajstić information content (AvgIpc) is 3.45. The van der Waals surface area contributed by atoms with Crippen LogP contribution in [0.15, 0.2) is 48.7 Å². The lowest BCUT2D eigenvalue weighted by molar-refractivity contribution is -0.121. The molecule has 1 unspecified atom stereocenters. The number of benzene rings is 1. The highest BCUT2D eigenvalue weighted by Crippen LogP contribution is 2.25. The summed E-state index contributed by atoms with van der Waals surface area (Å²) in [5, 5.41) is 6.91. The quantitative estimate of drug-likeness (QED) is 0.444. The molecule has 2 aromatic heterocycles. The Labute approximate surface area is 206 Å². The van der Waals surface area contributed by atoms with Crippen LogP contribution in [-0.4, -0.2) is 33.8 Å². The normalized spacial score (nSPS) is 15.1. The zero-order valence-corrected chi connectivity index (χ0v) is 20.6. The maximum Gasteiger partial charge on any atom is 0.268 e. The molecule has 34 heavy (non-hydrogen) atoms. The van der Waals surface area contributed by atoms with Crippen molar-refractivity contribution >= 4 is 29.1 Å². The van der Waals surface area contributed by atoms with Gasteiger partial charge in [0.1, 0.15) is 11.3 Å². The summed E-state index contributed by atoms with van der Waals surface area (Å²) in [6.07, 6.45) is 7.42. The molecule has 1 aliphatic rings. The molecule has 1 saturated carbocycles. The molecule has 1 aromatic carbocycles. The van der Waals surface area contributed by atoms with E-state index >= 15 is 0 Å². The van der Waals surface area contributed by atoms with E-state index < -0.39 is 0 Å². The first-order chi connectivity index (χ1) is 16.4. The number of pyridine rings is 1. The number of carbonyl (C=O) groups excluding carboxylic acids is 2. The number of rotatable bonds is 9. The molecule has 2 heterocycles. The summed E-state index contributed by atoms with van der Waals surface area (Å²) in [7, 11) is 0. The van der Waals surface area contributed by atoms with Gasteiger partial charge in [0.05, 0.1) is 12.1 Å². The van der Waals surface area contributed by atoms with E-state index in [9.17, 15) is 9.59 Å². The molecule has 0 aliphatic heterocycles. The van der Waals surface area contributed by atoms with Gasteiger partial charge in [-0.25, -0.2) is 4.98 Å². The molecule has 2 amide bonds. The predicted octanol–water partition coefficient (Wildman–Crippen LogP) is 5.15. The van der Waals surface area contributed by atoms with Crippen molar-refractivity contribution in [2.75, 3.05) is 6.54 Å². The van der Waals surface area contributed by atoms with Gasteiger partial charge in [0, 0.05) is 29.7 Å². The van der Waals surface area contributed by atoms with Gasteiger partial charge in [-0.05, 0) is 55.0 Å². The predicted molar refractivity (Wildman–Crippen MR) is 135 cm³/mol. The molecule has 2 N–H and O–H groups in total. The second kappa shape index (κ2) is 11.0. The largest absolute Gasteiger partial charge is 0.353 e. The zero-order chi connectivity index (χ0) is 24.1. The molecular formula is C27H33ClN4O2. The van der Waals surface area contributed by atoms with Crippen LogP contribution in [0, 0.1) is 5.92 Å². The van der Waals surface area contributed by atoms with Crippen LogP contribution in [-0.2, 0) is 11.2 Å². The van der Waals surface area contributed by atoms with Crippen LogP contribution in [0.4, 0.5) is 0 Å². The van der Waals surface area contributed by atoms with E-state index in [0.29, 0.717) is 34.5 Å². The molecule has 3 aromatic rings. The second-order valence-electron chi connectivity index (χ2n) is 9.69. The number of amides is 2. The molecule has 0 radical (unpaired) electrons. The first-order valence-corrected chi connectivity index (χ1v) is 12.6. The maximum absolute atomic E-state index is 13.1. The molecule has 1 fully saturated rings. The van der Waals surface area contributed by atoms with Crippen LogP contribution >= 0.6 is 11.6 Å². The number of aromatic nitrogens is 2. The summed E-state index contributed by atoms with van der Waals surface area (Å²) in [5.74, 6) is 0.513. The second-order valence-corrected chi connectivity index (χ2v) is 10.1. The van der Waals surface area contributed by atoms with Gasteiger partial charge in [0.25, 0.3) is 5.91 Å². The van der Waals surface area contributed by atoms with Crippen LogP contribution in [0.25, 0.3) is 5.65 Å². The lowest BCUT2D eigenvalue weighted by Gasteiger charge is -2.20. The Hall–Kier alpha value is -2.86. The van der Waals surface area contributed by atoms with Crippen molar-refractivity contribution in [3.63, 3.8) is 0 Å². The summed E-state index contributed by atoms with van der Waals surface area (Å²) >= 11 is 6.06. The van der Waals surface area contributed by atoms with E-state index in [1.54, 1.807) is 16.7 Å².